The molecule has 0 bridgehead atoms. The first-order valence-corrected chi connectivity index (χ1v) is 4.02. The summed E-state index contributed by atoms with van der Waals surface area (Å²) in [5.41, 5.74) is 0. The summed E-state index contributed by atoms with van der Waals surface area (Å²) < 4.78 is 5.22. The Morgan fingerprint density at radius 1 is 1.73 bits per heavy atom. The van der Waals surface area contributed by atoms with Gasteiger partial charge < -0.3 is 9.72 Å². The van der Waals surface area contributed by atoms with Crippen molar-refractivity contribution in [1.82, 2.24) is 9.97 Å². The summed E-state index contributed by atoms with van der Waals surface area (Å²) in [7, 11) is 0. The Labute approximate surface area is 69.7 Å². The molecule has 0 amide bonds. The van der Waals surface area contributed by atoms with Crippen LogP contribution in [0.5, 0.6) is 0 Å². The molecule has 1 aromatic rings. The van der Waals surface area contributed by atoms with Gasteiger partial charge in [0.05, 0.1) is 12.8 Å². The molecule has 1 aliphatic heterocycles. The molecule has 1 fully saturated rings. The van der Waals surface area contributed by atoms with E-state index in [1.807, 2.05) is 0 Å². The number of hydrogen-bond acceptors (Lipinski definition) is 2. The molecule has 1 N–H and O–H groups in total. The van der Waals surface area contributed by atoms with E-state index in [4.69, 9.17) is 16.3 Å². The van der Waals surface area contributed by atoms with Gasteiger partial charge in [-0.05, 0) is 6.42 Å². The quantitative estimate of drug-likeness (QED) is 0.698. The van der Waals surface area contributed by atoms with Crippen molar-refractivity contribution in [2.45, 2.75) is 12.3 Å². The summed E-state index contributed by atoms with van der Waals surface area (Å²) in [5.74, 6) is 1.37. The maximum Gasteiger partial charge on any atom is 0.126 e. The zero-order valence-electron chi connectivity index (χ0n) is 6.01. The van der Waals surface area contributed by atoms with Gasteiger partial charge in [0.25, 0.3) is 0 Å². The minimum Gasteiger partial charge on any atom is -0.381 e. The van der Waals surface area contributed by atoms with E-state index in [0.29, 0.717) is 11.1 Å². The smallest absolute Gasteiger partial charge is 0.126 e. The summed E-state index contributed by atoms with van der Waals surface area (Å²) in [4.78, 5) is 7.12. The number of aromatic amines is 1. The molecule has 1 aliphatic rings. The zero-order chi connectivity index (χ0) is 7.68. The van der Waals surface area contributed by atoms with E-state index in [9.17, 15) is 0 Å². The number of nitrogens with zero attached hydrogens (tertiary/aromatic N) is 1. The Kier molecular flexibility index (Phi) is 1.84. The molecule has 4 heteroatoms. The first kappa shape index (κ1) is 7.13. The summed E-state index contributed by atoms with van der Waals surface area (Å²) >= 11 is 5.68. The number of rotatable bonds is 1. The van der Waals surface area contributed by atoms with Crippen LogP contribution in [0.2, 0.25) is 5.15 Å². The minimum absolute atomic E-state index is 0.419. The maximum atomic E-state index is 5.68. The fraction of sp³-hybridized carbons (Fsp3) is 0.571. The van der Waals surface area contributed by atoms with Crippen LogP contribution in [0.3, 0.4) is 0 Å². The van der Waals surface area contributed by atoms with Crippen LogP contribution in [0.25, 0.3) is 0 Å². The fourth-order valence-electron chi connectivity index (χ4n) is 1.27. The van der Waals surface area contributed by atoms with Crippen molar-refractivity contribution in [3.63, 3.8) is 0 Å². The van der Waals surface area contributed by atoms with Crippen molar-refractivity contribution >= 4 is 11.6 Å². The van der Waals surface area contributed by atoms with Gasteiger partial charge in [-0.15, -0.1) is 0 Å². The Morgan fingerprint density at radius 3 is 3.18 bits per heavy atom. The van der Waals surface area contributed by atoms with E-state index in [1.54, 1.807) is 6.20 Å². The molecule has 0 spiro atoms. The van der Waals surface area contributed by atoms with Gasteiger partial charge in [-0.25, -0.2) is 4.98 Å². The lowest BCUT2D eigenvalue weighted by atomic mass is 10.1. The van der Waals surface area contributed by atoms with Crippen LogP contribution in [0.1, 0.15) is 18.2 Å². The number of halogens is 1. The Balaban J connectivity index is 2.15. The summed E-state index contributed by atoms with van der Waals surface area (Å²) in [6.07, 6.45) is 2.68. The molecule has 3 nitrogen and oxygen atoms in total. The molecule has 0 aliphatic carbocycles. The SMILES string of the molecule is Clc1cnc(C2CCOC2)[nH]1. The van der Waals surface area contributed by atoms with Gasteiger partial charge in [-0.2, -0.15) is 0 Å². The number of nitrogens with one attached hydrogen (secondary N) is 1. The van der Waals surface area contributed by atoms with Crippen molar-refractivity contribution in [2.24, 2.45) is 0 Å². The molecule has 1 atom stereocenters. The van der Waals surface area contributed by atoms with Crippen LogP contribution in [0.15, 0.2) is 6.20 Å². The topological polar surface area (TPSA) is 37.9 Å². The molecule has 0 aromatic carbocycles. The number of ether oxygens (including phenoxy) is 1. The number of imidazole rings is 1. The lowest BCUT2D eigenvalue weighted by Gasteiger charge is -2.00. The average Bonchev–Trinajstić information content (AvgIpc) is 2.55. The highest BCUT2D eigenvalue weighted by Crippen LogP contribution is 2.23. The zero-order valence-corrected chi connectivity index (χ0v) is 6.77. The molecule has 0 radical (unpaired) electrons. The molecule has 2 heterocycles. The van der Waals surface area contributed by atoms with E-state index in [1.165, 1.54) is 0 Å². The lowest BCUT2D eigenvalue weighted by Crippen LogP contribution is -1.99. The Bertz CT molecular complexity index is 242. The summed E-state index contributed by atoms with van der Waals surface area (Å²) in [5, 5.41) is 0.604. The first-order chi connectivity index (χ1) is 5.36. The predicted octanol–water partition coefficient (Wildman–Crippen LogP) is 1.57. The van der Waals surface area contributed by atoms with Crippen LogP contribution in [0, 0.1) is 0 Å². The lowest BCUT2D eigenvalue weighted by molar-refractivity contribution is 0.193. The van der Waals surface area contributed by atoms with Crippen LogP contribution in [-0.2, 0) is 4.74 Å². The maximum absolute atomic E-state index is 5.68. The highest BCUT2D eigenvalue weighted by atomic mass is 35.5. The van der Waals surface area contributed by atoms with E-state index < -0.39 is 0 Å². The highest BCUT2D eigenvalue weighted by molar-refractivity contribution is 6.29. The minimum atomic E-state index is 0.419. The second kappa shape index (κ2) is 2.83. The first-order valence-electron chi connectivity index (χ1n) is 3.64. The van der Waals surface area contributed by atoms with Gasteiger partial charge in [0.15, 0.2) is 0 Å². The largest absolute Gasteiger partial charge is 0.381 e. The Morgan fingerprint density at radius 2 is 2.64 bits per heavy atom. The number of hydrogen-bond donors (Lipinski definition) is 1. The average molecular weight is 173 g/mol. The van der Waals surface area contributed by atoms with Gasteiger partial charge in [-0.1, -0.05) is 11.6 Å². The van der Waals surface area contributed by atoms with Gasteiger partial charge in [0.1, 0.15) is 11.0 Å². The molecular weight excluding hydrogens is 164 g/mol. The van der Waals surface area contributed by atoms with Crippen LogP contribution < -0.4 is 0 Å². The third-order valence-electron chi connectivity index (χ3n) is 1.88. The summed E-state index contributed by atoms with van der Waals surface area (Å²) in [6.45, 7) is 1.60. The third-order valence-corrected chi connectivity index (χ3v) is 2.07. The van der Waals surface area contributed by atoms with Crippen LogP contribution >= 0.6 is 11.6 Å². The molecular formula is C7H9ClN2O. The van der Waals surface area contributed by atoms with E-state index in [-0.39, 0.29) is 0 Å². The highest BCUT2D eigenvalue weighted by Gasteiger charge is 2.19. The van der Waals surface area contributed by atoms with Crippen molar-refractivity contribution in [2.75, 3.05) is 13.2 Å². The Hall–Kier alpha value is -0.540. The van der Waals surface area contributed by atoms with Crippen molar-refractivity contribution in [3.05, 3.63) is 17.2 Å². The second-order valence-electron chi connectivity index (χ2n) is 2.68. The fourth-order valence-corrected chi connectivity index (χ4v) is 1.42. The van der Waals surface area contributed by atoms with Crippen molar-refractivity contribution < 1.29 is 4.74 Å². The molecule has 1 unspecified atom stereocenters. The molecule has 60 valence electrons. The molecule has 11 heavy (non-hydrogen) atoms. The number of aromatic nitrogens is 2. The standard InChI is InChI=1S/C7H9ClN2O/c8-6-3-9-7(10-6)5-1-2-11-4-5/h3,5H,1-2,4H2,(H,9,10). The predicted molar refractivity (Wildman–Crippen MR) is 41.8 cm³/mol. The van der Waals surface area contributed by atoms with Gasteiger partial charge >= 0.3 is 0 Å². The molecule has 1 saturated heterocycles. The van der Waals surface area contributed by atoms with Gasteiger partial charge in [0, 0.05) is 12.5 Å². The van der Waals surface area contributed by atoms with E-state index >= 15 is 0 Å². The molecule has 0 saturated carbocycles. The summed E-state index contributed by atoms with van der Waals surface area (Å²) in [6, 6.07) is 0. The van der Waals surface area contributed by atoms with Crippen molar-refractivity contribution in [3.8, 4) is 0 Å². The third kappa shape index (κ3) is 1.39. The molecule has 1 aromatic heterocycles. The second-order valence-corrected chi connectivity index (χ2v) is 3.08. The van der Waals surface area contributed by atoms with E-state index in [0.717, 1.165) is 25.5 Å². The van der Waals surface area contributed by atoms with E-state index in [2.05, 4.69) is 9.97 Å². The van der Waals surface area contributed by atoms with Gasteiger partial charge in [0.2, 0.25) is 0 Å². The monoisotopic (exact) mass is 172 g/mol. The normalized spacial score (nSPS) is 24.3. The number of H-pyrrole nitrogens is 1. The van der Waals surface area contributed by atoms with Crippen molar-refractivity contribution in [1.29, 1.82) is 0 Å². The van der Waals surface area contributed by atoms with Crippen LogP contribution in [0.4, 0.5) is 0 Å². The van der Waals surface area contributed by atoms with Gasteiger partial charge in [-0.3, -0.25) is 0 Å². The molecule has 2 rings (SSSR count). The van der Waals surface area contributed by atoms with Crippen LogP contribution in [-0.4, -0.2) is 23.2 Å².